The van der Waals surface area contributed by atoms with Crippen LogP contribution in [0.2, 0.25) is 0 Å². The summed E-state index contributed by atoms with van der Waals surface area (Å²) in [6.07, 6.45) is 2.88. The number of aromatic amines is 1. The maximum Gasteiger partial charge on any atom is 0.513 e. The molecular formula is C12H10N2O5. The van der Waals surface area contributed by atoms with Crippen molar-refractivity contribution in [3.05, 3.63) is 46.3 Å². The number of carbonyl (C=O) groups is 1. The Morgan fingerprint density at radius 1 is 1.47 bits per heavy atom. The van der Waals surface area contributed by atoms with E-state index in [0.717, 1.165) is 6.20 Å². The number of hydrogen-bond acceptors (Lipinski definition) is 5. The first-order valence-electron chi connectivity index (χ1n) is 5.29. The minimum absolute atomic E-state index is 0.272. The molecule has 0 aliphatic carbocycles. The van der Waals surface area contributed by atoms with Gasteiger partial charge in [-0.05, 0) is 12.1 Å². The van der Waals surface area contributed by atoms with Crippen LogP contribution in [-0.2, 0) is 4.74 Å². The number of ether oxygens (including phenoxy) is 2. The molecule has 19 heavy (non-hydrogen) atoms. The van der Waals surface area contributed by atoms with Crippen molar-refractivity contribution in [3.8, 4) is 5.75 Å². The fourth-order valence-electron chi connectivity index (χ4n) is 1.67. The zero-order valence-electron chi connectivity index (χ0n) is 9.95. The molecular weight excluding hydrogens is 252 g/mol. The third-order valence-electron chi connectivity index (χ3n) is 2.43. The number of hydrogen-bond donors (Lipinski definition) is 1. The summed E-state index contributed by atoms with van der Waals surface area (Å²) in [5.41, 5.74) is 1.25. The van der Waals surface area contributed by atoms with E-state index >= 15 is 0 Å². The Labute approximate surface area is 107 Å². The van der Waals surface area contributed by atoms with Crippen LogP contribution in [0.4, 0.5) is 4.79 Å². The average molecular weight is 262 g/mol. The molecule has 0 unspecified atom stereocenters. The highest BCUT2D eigenvalue weighted by Crippen LogP contribution is 2.29. The van der Waals surface area contributed by atoms with Crippen molar-refractivity contribution in [1.82, 2.24) is 4.98 Å². The number of nitrogens with one attached hydrogen (secondary N) is 1. The van der Waals surface area contributed by atoms with Crippen LogP contribution >= 0.6 is 0 Å². The van der Waals surface area contributed by atoms with Gasteiger partial charge in [-0.3, -0.25) is 10.1 Å². The molecule has 7 heteroatoms. The summed E-state index contributed by atoms with van der Waals surface area (Å²) in [4.78, 5) is 23.9. The van der Waals surface area contributed by atoms with E-state index in [-0.39, 0.29) is 5.75 Å². The first kappa shape index (κ1) is 12.6. The Morgan fingerprint density at radius 3 is 2.95 bits per heavy atom. The SMILES string of the molecule is COC(=O)Oc1cccc2[nH]cc(C=C[N+](=O)[O-])c12. The smallest absolute Gasteiger partial charge is 0.437 e. The van der Waals surface area contributed by atoms with Gasteiger partial charge in [0.2, 0.25) is 6.20 Å². The zero-order chi connectivity index (χ0) is 13.8. The number of H-pyrrole nitrogens is 1. The molecule has 2 aromatic rings. The van der Waals surface area contributed by atoms with Crippen molar-refractivity contribution >= 4 is 23.1 Å². The largest absolute Gasteiger partial charge is 0.513 e. The molecule has 0 aliphatic rings. The highest BCUT2D eigenvalue weighted by Gasteiger charge is 2.12. The zero-order valence-corrected chi connectivity index (χ0v) is 9.95. The number of benzene rings is 1. The van der Waals surface area contributed by atoms with Gasteiger partial charge >= 0.3 is 6.16 Å². The molecule has 0 radical (unpaired) electrons. The summed E-state index contributed by atoms with van der Waals surface area (Å²) in [5.74, 6) is 0.272. The molecule has 0 fully saturated rings. The second kappa shape index (κ2) is 5.21. The van der Waals surface area contributed by atoms with E-state index in [1.807, 2.05) is 0 Å². The number of nitrogens with zero attached hydrogens (tertiary/aromatic N) is 1. The standard InChI is InChI=1S/C12H10N2O5/c1-18-12(15)19-10-4-2-3-9-11(10)8(7-13-9)5-6-14(16)17/h2-7,13H,1H3. The average Bonchev–Trinajstić information content (AvgIpc) is 2.80. The predicted octanol–water partition coefficient (Wildman–Crippen LogP) is 2.56. The molecule has 0 atom stereocenters. The van der Waals surface area contributed by atoms with Crippen molar-refractivity contribution in [2.24, 2.45) is 0 Å². The van der Waals surface area contributed by atoms with E-state index in [2.05, 4.69) is 9.72 Å². The minimum atomic E-state index is -0.849. The molecule has 0 saturated heterocycles. The van der Waals surface area contributed by atoms with Crippen molar-refractivity contribution in [3.63, 3.8) is 0 Å². The van der Waals surface area contributed by atoms with Gasteiger partial charge in [0.25, 0.3) is 0 Å². The van der Waals surface area contributed by atoms with Crippen LogP contribution in [0.5, 0.6) is 5.75 Å². The molecule has 1 N–H and O–H groups in total. The fraction of sp³-hybridized carbons (Fsp3) is 0.0833. The Hall–Kier alpha value is -2.83. The first-order chi connectivity index (χ1) is 9.11. The van der Waals surface area contributed by atoms with Gasteiger partial charge in [-0.1, -0.05) is 6.07 Å². The van der Waals surface area contributed by atoms with Crippen molar-refractivity contribution < 1.29 is 19.2 Å². The molecule has 0 bridgehead atoms. The van der Waals surface area contributed by atoms with E-state index < -0.39 is 11.1 Å². The lowest BCUT2D eigenvalue weighted by Gasteiger charge is -2.04. The quantitative estimate of drug-likeness (QED) is 0.397. The van der Waals surface area contributed by atoms with Crippen LogP contribution < -0.4 is 4.74 Å². The van der Waals surface area contributed by atoms with Crippen molar-refractivity contribution in [1.29, 1.82) is 0 Å². The second-order valence-electron chi connectivity index (χ2n) is 3.58. The lowest BCUT2D eigenvalue weighted by atomic mass is 10.1. The highest BCUT2D eigenvalue weighted by atomic mass is 16.7. The van der Waals surface area contributed by atoms with Gasteiger partial charge in [0.1, 0.15) is 5.75 Å². The van der Waals surface area contributed by atoms with Crippen molar-refractivity contribution in [2.45, 2.75) is 0 Å². The highest BCUT2D eigenvalue weighted by molar-refractivity contribution is 5.95. The van der Waals surface area contributed by atoms with Crippen LogP contribution in [0, 0.1) is 10.1 Å². The number of fused-ring (bicyclic) bond motifs is 1. The molecule has 0 spiro atoms. The van der Waals surface area contributed by atoms with E-state index in [4.69, 9.17) is 4.74 Å². The van der Waals surface area contributed by atoms with Crippen LogP contribution in [0.1, 0.15) is 5.56 Å². The number of aromatic nitrogens is 1. The van der Waals surface area contributed by atoms with Crippen LogP contribution in [0.15, 0.2) is 30.6 Å². The Balaban J connectivity index is 2.49. The molecule has 1 heterocycles. The summed E-state index contributed by atoms with van der Waals surface area (Å²) in [6, 6.07) is 5.04. The van der Waals surface area contributed by atoms with Gasteiger partial charge in [-0.25, -0.2) is 4.79 Å². The molecule has 1 aromatic heterocycles. The van der Waals surface area contributed by atoms with E-state index in [1.54, 1.807) is 24.4 Å². The van der Waals surface area contributed by atoms with Crippen LogP contribution in [0.3, 0.4) is 0 Å². The monoisotopic (exact) mass is 262 g/mol. The van der Waals surface area contributed by atoms with Crippen LogP contribution in [-0.4, -0.2) is 23.2 Å². The Bertz CT molecular complexity index is 659. The van der Waals surface area contributed by atoms with Gasteiger partial charge in [0.15, 0.2) is 0 Å². The normalized spacial score (nSPS) is 10.8. The number of methoxy groups -OCH3 is 1. The predicted molar refractivity (Wildman–Crippen MR) is 67.4 cm³/mol. The van der Waals surface area contributed by atoms with E-state index in [9.17, 15) is 14.9 Å². The number of rotatable bonds is 3. The van der Waals surface area contributed by atoms with Crippen molar-refractivity contribution in [2.75, 3.05) is 7.11 Å². The maximum atomic E-state index is 11.1. The van der Waals surface area contributed by atoms with Crippen LogP contribution in [0.25, 0.3) is 17.0 Å². The third kappa shape index (κ3) is 2.71. The summed E-state index contributed by atoms with van der Waals surface area (Å²) >= 11 is 0. The summed E-state index contributed by atoms with van der Waals surface area (Å²) in [7, 11) is 1.20. The molecule has 0 amide bonds. The Kier molecular flexibility index (Phi) is 3.46. The summed E-state index contributed by atoms with van der Waals surface area (Å²) in [5, 5.41) is 10.9. The van der Waals surface area contributed by atoms with Gasteiger partial charge in [-0.15, -0.1) is 0 Å². The van der Waals surface area contributed by atoms with Gasteiger partial charge < -0.3 is 14.5 Å². The molecule has 0 saturated carbocycles. The third-order valence-corrected chi connectivity index (χ3v) is 2.43. The topological polar surface area (TPSA) is 94.5 Å². The number of carbonyl (C=O) groups excluding carboxylic acids is 1. The molecule has 98 valence electrons. The molecule has 7 nitrogen and oxygen atoms in total. The van der Waals surface area contributed by atoms with E-state index in [1.165, 1.54) is 13.2 Å². The summed E-state index contributed by atoms with van der Waals surface area (Å²) < 4.78 is 9.42. The van der Waals surface area contributed by atoms with Gasteiger partial charge in [0, 0.05) is 28.7 Å². The molecule has 2 rings (SSSR count). The van der Waals surface area contributed by atoms with E-state index in [0.29, 0.717) is 16.5 Å². The molecule has 1 aromatic carbocycles. The maximum absolute atomic E-state index is 11.1. The minimum Gasteiger partial charge on any atom is -0.437 e. The van der Waals surface area contributed by atoms with Gasteiger partial charge in [-0.2, -0.15) is 0 Å². The summed E-state index contributed by atoms with van der Waals surface area (Å²) in [6.45, 7) is 0. The fourth-order valence-corrected chi connectivity index (χ4v) is 1.67. The number of nitro groups is 1. The van der Waals surface area contributed by atoms with Gasteiger partial charge in [0.05, 0.1) is 12.0 Å². The second-order valence-corrected chi connectivity index (χ2v) is 3.58. The lowest BCUT2D eigenvalue weighted by Crippen LogP contribution is -2.07. The Morgan fingerprint density at radius 2 is 2.26 bits per heavy atom. The molecule has 0 aliphatic heterocycles. The lowest BCUT2D eigenvalue weighted by molar-refractivity contribution is -0.400. The first-order valence-corrected chi connectivity index (χ1v) is 5.29.